The van der Waals surface area contributed by atoms with Crippen LogP contribution in [0.2, 0.25) is 0 Å². The first kappa shape index (κ1) is 98.9. The van der Waals surface area contributed by atoms with Gasteiger partial charge in [-0.25, -0.2) is 9.13 Å². The summed E-state index contributed by atoms with van der Waals surface area (Å²) in [5.41, 5.74) is 0. The molecule has 0 aromatic carbocycles. The van der Waals surface area contributed by atoms with Crippen LogP contribution < -0.4 is 0 Å². The fourth-order valence-corrected chi connectivity index (χ4v) is 11.9. The Morgan fingerprint density at radius 2 is 0.500 bits per heavy atom. The summed E-state index contributed by atoms with van der Waals surface area (Å²) in [6.07, 6.45) is 86.9. The third kappa shape index (κ3) is 75.2. The van der Waals surface area contributed by atoms with Crippen molar-refractivity contribution in [3.63, 3.8) is 0 Å². The first-order valence-corrected chi connectivity index (χ1v) is 43.1. The van der Waals surface area contributed by atoms with Crippen molar-refractivity contribution in [3.05, 3.63) is 146 Å². The Balaban J connectivity index is 5.44. The highest BCUT2D eigenvalue weighted by Gasteiger charge is 2.30. The van der Waals surface area contributed by atoms with Crippen molar-refractivity contribution in [2.75, 3.05) is 39.6 Å². The highest BCUT2D eigenvalue weighted by Crippen LogP contribution is 2.45. The molecule has 0 aliphatic heterocycles. The minimum Gasteiger partial charge on any atom is -0.462 e. The fourth-order valence-electron chi connectivity index (χ4n) is 10.3. The first-order chi connectivity index (χ1) is 50.7. The van der Waals surface area contributed by atoms with Crippen molar-refractivity contribution in [2.45, 2.75) is 329 Å². The molecule has 0 aliphatic carbocycles. The topological polar surface area (TPSA) is 237 Å². The molecule has 0 aromatic heterocycles. The maximum atomic E-state index is 13.1. The normalized spacial score (nSPS) is 14.6. The van der Waals surface area contributed by atoms with Crippen molar-refractivity contribution in [3.8, 4) is 0 Å². The van der Waals surface area contributed by atoms with Gasteiger partial charge in [-0.15, -0.1) is 0 Å². The highest BCUT2D eigenvalue weighted by atomic mass is 31.2. The zero-order chi connectivity index (χ0) is 76.0. The molecule has 104 heavy (non-hydrogen) atoms. The molecular formula is C85H142O17P2. The largest absolute Gasteiger partial charge is 0.472 e. The van der Waals surface area contributed by atoms with E-state index in [1.54, 1.807) is 0 Å². The first-order valence-electron chi connectivity index (χ1n) is 40.1. The summed E-state index contributed by atoms with van der Waals surface area (Å²) in [6.45, 7) is 4.45. The fraction of sp³-hybridized carbons (Fsp3) is 0.671. The van der Waals surface area contributed by atoms with Gasteiger partial charge in [-0.05, 0) is 141 Å². The molecule has 17 nitrogen and oxygen atoms in total. The maximum absolute atomic E-state index is 13.1. The van der Waals surface area contributed by atoms with E-state index in [1.807, 2.05) is 0 Å². The lowest BCUT2D eigenvalue weighted by molar-refractivity contribution is -0.161. The lowest BCUT2D eigenvalue weighted by Gasteiger charge is -2.21. The molecule has 5 unspecified atom stereocenters. The Hall–Kier alpha value is -5.06. The zero-order valence-electron chi connectivity index (χ0n) is 64.9. The molecule has 0 aromatic rings. The number of esters is 4. The van der Waals surface area contributed by atoms with Crippen molar-refractivity contribution >= 4 is 39.5 Å². The van der Waals surface area contributed by atoms with Gasteiger partial charge in [-0.1, -0.05) is 289 Å². The van der Waals surface area contributed by atoms with E-state index in [9.17, 15) is 43.2 Å². The SMILES string of the molecule is CC/C=C\C/C=C\C/C=C\C/C=C\C/C=C\CCCCCC(=O)OCC(COP(=O)(O)OCC(O)COP(=O)(O)OCC(COC(=O)CCCC/C=C\C/C=C\C/C=C\C/C=C\CC)OC(=O)CCCCCCCCCCCCCCCCC)OC(=O)CCCCCCC/C=C\C/C=C\C/C=C\CC. The van der Waals surface area contributed by atoms with E-state index in [4.69, 9.17) is 37.0 Å². The molecule has 0 spiro atoms. The average Bonchev–Trinajstić information content (AvgIpc) is 0.918. The van der Waals surface area contributed by atoms with Crippen LogP contribution in [-0.4, -0.2) is 96.7 Å². The van der Waals surface area contributed by atoms with Gasteiger partial charge in [0.25, 0.3) is 0 Å². The predicted molar refractivity (Wildman–Crippen MR) is 427 cm³/mol. The molecule has 0 aliphatic rings. The van der Waals surface area contributed by atoms with Crippen LogP contribution in [0.25, 0.3) is 0 Å². The Labute approximate surface area is 630 Å². The van der Waals surface area contributed by atoms with Crippen molar-refractivity contribution in [1.29, 1.82) is 0 Å². The lowest BCUT2D eigenvalue weighted by atomic mass is 10.0. The lowest BCUT2D eigenvalue weighted by Crippen LogP contribution is -2.30. The monoisotopic (exact) mass is 1500 g/mol. The molecule has 19 heteroatoms. The van der Waals surface area contributed by atoms with E-state index >= 15 is 0 Å². The van der Waals surface area contributed by atoms with Gasteiger partial charge in [0.05, 0.1) is 26.4 Å². The highest BCUT2D eigenvalue weighted by molar-refractivity contribution is 7.47. The Morgan fingerprint density at radius 1 is 0.279 bits per heavy atom. The van der Waals surface area contributed by atoms with Gasteiger partial charge >= 0.3 is 39.5 Å². The number of ether oxygens (including phenoxy) is 4. The smallest absolute Gasteiger partial charge is 0.462 e. The Bertz CT molecular complexity index is 2540. The molecule has 5 atom stereocenters. The standard InChI is InChI=1S/C85H142O17P2/c1-5-9-13-17-21-25-29-33-37-38-39-40-44-46-50-54-58-62-66-70-83(88)96-76-81(102-85(90)72-68-64-60-56-52-48-43-36-32-28-24-20-16-12-8-4)78-100-104(93,94)98-74-79(86)73-97-103(91,92)99-77-80(101-84(89)71-67-63-59-55-51-47-42-35-31-27-23-19-15-11-7-3)75-95-82(87)69-65-61-57-53-49-45-41-34-30-26-22-18-14-10-6-2/h9-10,12-14,16,21-22,24-26,28,33-34,36-37,39-41,43,46,49-50,53,79-81,86H,5-8,11,15,17-20,23,27,29-32,35,38,42,44-45,47-48,51-52,54-78H2,1-4H3,(H,91,92)(H,93,94)/b13-9-,14-10-,16-12-,25-21-,26-22-,28-24-,37-33-,40-39-,41-34-,43-36-,50-46-,53-49-. The molecule has 0 heterocycles. The molecule has 0 rings (SSSR count). The molecule has 3 N–H and O–H groups in total. The van der Waals surface area contributed by atoms with Crippen LogP contribution >= 0.6 is 15.6 Å². The van der Waals surface area contributed by atoms with E-state index in [0.717, 1.165) is 167 Å². The minimum atomic E-state index is -5.00. The summed E-state index contributed by atoms with van der Waals surface area (Å²) in [4.78, 5) is 73.0. The van der Waals surface area contributed by atoms with Gasteiger partial charge in [-0.2, -0.15) is 0 Å². The number of hydrogen-bond acceptors (Lipinski definition) is 15. The van der Waals surface area contributed by atoms with Gasteiger partial charge in [0.1, 0.15) is 19.3 Å². The summed E-state index contributed by atoms with van der Waals surface area (Å²) in [5.74, 6) is -2.28. The number of hydrogen-bond donors (Lipinski definition) is 3. The number of phosphoric acid groups is 2. The number of rotatable bonds is 74. The van der Waals surface area contributed by atoms with Crippen molar-refractivity contribution < 1.29 is 80.2 Å². The quantitative estimate of drug-likeness (QED) is 0.0169. The second kappa shape index (κ2) is 76.1. The molecule has 0 fully saturated rings. The zero-order valence-corrected chi connectivity index (χ0v) is 66.7. The number of phosphoric ester groups is 2. The Morgan fingerprint density at radius 3 is 0.798 bits per heavy atom. The van der Waals surface area contributed by atoms with Gasteiger partial charge in [-0.3, -0.25) is 37.3 Å². The van der Waals surface area contributed by atoms with Crippen LogP contribution in [0.15, 0.2) is 146 Å². The molecule has 0 radical (unpaired) electrons. The van der Waals surface area contributed by atoms with E-state index in [1.165, 1.54) is 64.2 Å². The number of carbonyl (C=O) groups excluding carboxylic acids is 4. The summed E-state index contributed by atoms with van der Waals surface area (Å²) < 4.78 is 68.6. The van der Waals surface area contributed by atoms with E-state index < -0.39 is 97.5 Å². The summed E-state index contributed by atoms with van der Waals surface area (Å²) in [5, 5.41) is 10.6. The second-order valence-electron chi connectivity index (χ2n) is 26.2. The van der Waals surface area contributed by atoms with Gasteiger partial charge < -0.3 is 33.8 Å². The van der Waals surface area contributed by atoms with Crippen LogP contribution in [-0.2, 0) is 65.4 Å². The maximum Gasteiger partial charge on any atom is 0.472 e. The number of allylic oxidation sites excluding steroid dienone is 24. The molecule has 0 bridgehead atoms. The van der Waals surface area contributed by atoms with Crippen LogP contribution in [0.1, 0.15) is 310 Å². The average molecular weight is 1500 g/mol. The molecular weight excluding hydrogens is 1350 g/mol. The molecule has 0 saturated heterocycles. The number of unbranched alkanes of at least 4 members (excludes halogenated alkanes) is 24. The summed E-state index contributed by atoms with van der Waals surface area (Å²) in [7, 11) is -9.99. The van der Waals surface area contributed by atoms with E-state index in [0.29, 0.717) is 25.7 Å². The number of carbonyl (C=O) groups is 4. The minimum absolute atomic E-state index is 0.0629. The van der Waals surface area contributed by atoms with E-state index in [-0.39, 0.29) is 25.7 Å². The third-order valence-electron chi connectivity index (χ3n) is 16.3. The van der Waals surface area contributed by atoms with Gasteiger partial charge in [0, 0.05) is 25.7 Å². The van der Waals surface area contributed by atoms with Crippen molar-refractivity contribution in [2.24, 2.45) is 0 Å². The van der Waals surface area contributed by atoms with Crippen LogP contribution in [0, 0.1) is 0 Å². The molecule has 594 valence electrons. The predicted octanol–water partition coefficient (Wildman–Crippen LogP) is 23.4. The van der Waals surface area contributed by atoms with Crippen LogP contribution in [0.5, 0.6) is 0 Å². The molecule has 0 saturated carbocycles. The van der Waals surface area contributed by atoms with Crippen LogP contribution in [0.4, 0.5) is 0 Å². The summed E-state index contributed by atoms with van der Waals surface area (Å²) >= 11 is 0. The van der Waals surface area contributed by atoms with Gasteiger partial charge in [0.2, 0.25) is 0 Å². The number of aliphatic hydroxyl groups is 1. The summed E-state index contributed by atoms with van der Waals surface area (Å²) in [6, 6.07) is 0. The number of aliphatic hydroxyl groups excluding tert-OH is 1. The second-order valence-corrected chi connectivity index (χ2v) is 29.1. The molecule has 0 amide bonds. The van der Waals surface area contributed by atoms with E-state index in [2.05, 4.69) is 174 Å². The Kier molecular flexibility index (Phi) is 72.4. The van der Waals surface area contributed by atoms with Crippen molar-refractivity contribution in [1.82, 2.24) is 0 Å². The third-order valence-corrected chi connectivity index (χ3v) is 18.2. The van der Waals surface area contributed by atoms with Crippen LogP contribution in [0.3, 0.4) is 0 Å². The van der Waals surface area contributed by atoms with Gasteiger partial charge in [0.15, 0.2) is 12.2 Å².